The average molecular weight is 576 g/mol. The molecule has 14 heteroatoms. The molecule has 1 aliphatic heterocycles. The highest BCUT2D eigenvalue weighted by Gasteiger charge is 2.49. The number of nitrogens with zero attached hydrogens (tertiary/aromatic N) is 5. The minimum absolute atomic E-state index is 0.133. The van der Waals surface area contributed by atoms with Crippen LogP contribution in [0.2, 0.25) is 0 Å². The number of hydrogen-bond acceptors (Lipinski definition) is 9. The second-order valence-electron chi connectivity index (χ2n) is 11.8. The number of carbonyl (C=O) groups is 2. The number of aliphatic hydroxyl groups excluding tert-OH is 2. The molecular formula is C27H35F2N7O5. The third kappa shape index (κ3) is 6.12. The molecule has 1 unspecified atom stereocenters. The van der Waals surface area contributed by atoms with E-state index in [0.29, 0.717) is 19.3 Å². The molecule has 2 aliphatic carbocycles. The van der Waals surface area contributed by atoms with Crippen LogP contribution in [0.5, 0.6) is 0 Å². The molecule has 2 aromatic heterocycles. The van der Waals surface area contributed by atoms with Crippen LogP contribution in [-0.4, -0.2) is 84.7 Å². The van der Waals surface area contributed by atoms with Crippen molar-refractivity contribution >= 4 is 29.3 Å². The van der Waals surface area contributed by atoms with Gasteiger partial charge in [0, 0.05) is 44.2 Å². The number of aliphatic hydroxyl groups is 2. The number of aromatic nitrogens is 3. The number of fused-ring (bicyclic) bond motifs is 1. The van der Waals surface area contributed by atoms with Crippen molar-refractivity contribution in [2.75, 3.05) is 17.3 Å². The van der Waals surface area contributed by atoms with Gasteiger partial charge < -0.3 is 30.5 Å². The molecule has 41 heavy (non-hydrogen) atoms. The highest BCUT2D eigenvalue weighted by atomic mass is 19.3. The van der Waals surface area contributed by atoms with Gasteiger partial charge in [0.15, 0.2) is 11.9 Å². The summed E-state index contributed by atoms with van der Waals surface area (Å²) < 4.78 is 33.9. The fourth-order valence-corrected chi connectivity index (χ4v) is 5.18. The molecule has 3 aliphatic rings. The van der Waals surface area contributed by atoms with Gasteiger partial charge in [-0.25, -0.2) is 18.6 Å². The zero-order valence-electron chi connectivity index (χ0n) is 23.3. The molecule has 3 heterocycles. The predicted octanol–water partition coefficient (Wildman–Crippen LogP) is 2.99. The van der Waals surface area contributed by atoms with Crippen molar-refractivity contribution in [2.45, 2.75) is 88.8 Å². The maximum atomic E-state index is 13.5. The van der Waals surface area contributed by atoms with Crippen LogP contribution in [-0.2, 0) is 4.74 Å². The van der Waals surface area contributed by atoms with Crippen LogP contribution in [0.1, 0.15) is 63.2 Å². The van der Waals surface area contributed by atoms with Gasteiger partial charge in [-0.05, 0) is 52.2 Å². The lowest BCUT2D eigenvalue weighted by molar-refractivity contribution is -0.136. The van der Waals surface area contributed by atoms with Crippen LogP contribution < -0.4 is 15.5 Å². The molecule has 12 nitrogen and oxygen atoms in total. The first-order chi connectivity index (χ1) is 19.2. The van der Waals surface area contributed by atoms with E-state index in [4.69, 9.17) is 4.74 Å². The second-order valence-corrected chi connectivity index (χ2v) is 11.8. The second kappa shape index (κ2) is 10.6. The van der Waals surface area contributed by atoms with Crippen molar-refractivity contribution in [3.8, 4) is 0 Å². The van der Waals surface area contributed by atoms with E-state index in [1.54, 1.807) is 39.1 Å². The molecule has 0 spiro atoms. The topological polar surface area (TPSA) is 145 Å². The molecule has 2 aromatic rings. The predicted molar refractivity (Wildman–Crippen MR) is 145 cm³/mol. The van der Waals surface area contributed by atoms with Crippen molar-refractivity contribution in [2.24, 2.45) is 0 Å². The third-order valence-electron chi connectivity index (χ3n) is 7.31. The summed E-state index contributed by atoms with van der Waals surface area (Å²) >= 11 is 0. The lowest BCUT2D eigenvalue weighted by atomic mass is 9.86. The Labute approximate surface area is 235 Å². The van der Waals surface area contributed by atoms with Gasteiger partial charge in [0.1, 0.15) is 22.8 Å². The maximum Gasteiger partial charge on any atom is 0.415 e. The van der Waals surface area contributed by atoms with Gasteiger partial charge in [0.05, 0.1) is 18.0 Å². The highest BCUT2D eigenvalue weighted by molar-refractivity contribution is 6.00. The molecular weight excluding hydrogens is 540 g/mol. The SMILES string of the molecule is CN(C(=O)OC(C)(C)C)c1cc(NC2=CC=CN(C3CC(F)(F)C3)C2O)nc2c(C(=O)N[C@@H]3CC[C@H](O)C3)cnn12. The Morgan fingerprint density at radius 1 is 1.22 bits per heavy atom. The Bertz CT molecular complexity index is 1390. The number of ether oxygens (including phenoxy) is 1. The number of carbonyl (C=O) groups excluding carboxylic acids is 2. The normalized spacial score (nSPS) is 24.1. The summed E-state index contributed by atoms with van der Waals surface area (Å²) in [6.45, 7) is 5.20. The number of nitrogens with one attached hydrogen (secondary N) is 2. The van der Waals surface area contributed by atoms with Gasteiger partial charge in [-0.1, -0.05) is 0 Å². The molecule has 5 rings (SSSR count). The molecule has 2 amide bonds. The van der Waals surface area contributed by atoms with E-state index in [9.17, 15) is 28.6 Å². The summed E-state index contributed by atoms with van der Waals surface area (Å²) in [6, 6.07) is 0.786. The van der Waals surface area contributed by atoms with E-state index in [1.807, 2.05) is 0 Å². The Morgan fingerprint density at radius 3 is 2.59 bits per heavy atom. The van der Waals surface area contributed by atoms with Crippen molar-refractivity contribution in [3.63, 3.8) is 0 Å². The van der Waals surface area contributed by atoms with E-state index >= 15 is 0 Å². The van der Waals surface area contributed by atoms with Crippen LogP contribution in [0.15, 0.2) is 36.3 Å². The van der Waals surface area contributed by atoms with Gasteiger partial charge in [-0.15, -0.1) is 0 Å². The summed E-state index contributed by atoms with van der Waals surface area (Å²) in [6.07, 6.45) is 4.71. The minimum Gasteiger partial charge on any atom is -0.443 e. The van der Waals surface area contributed by atoms with Crippen LogP contribution in [0, 0.1) is 0 Å². The monoisotopic (exact) mass is 575 g/mol. The first kappa shape index (κ1) is 28.7. The molecule has 2 saturated carbocycles. The summed E-state index contributed by atoms with van der Waals surface area (Å²) in [5.74, 6) is -2.80. The van der Waals surface area contributed by atoms with E-state index in [-0.39, 0.29) is 47.4 Å². The smallest absolute Gasteiger partial charge is 0.415 e. The van der Waals surface area contributed by atoms with E-state index < -0.39 is 41.9 Å². The first-order valence-corrected chi connectivity index (χ1v) is 13.5. The Morgan fingerprint density at radius 2 is 1.95 bits per heavy atom. The lowest BCUT2D eigenvalue weighted by Crippen LogP contribution is -2.53. The molecule has 0 radical (unpaired) electrons. The van der Waals surface area contributed by atoms with Crippen LogP contribution in [0.4, 0.5) is 25.2 Å². The average Bonchev–Trinajstić information content (AvgIpc) is 3.47. The lowest BCUT2D eigenvalue weighted by Gasteiger charge is -2.45. The van der Waals surface area contributed by atoms with E-state index in [0.717, 1.165) is 0 Å². The van der Waals surface area contributed by atoms with Crippen molar-refractivity contribution in [3.05, 3.63) is 41.9 Å². The van der Waals surface area contributed by atoms with Crippen LogP contribution in [0.3, 0.4) is 0 Å². The number of amides is 2. The minimum atomic E-state index is -2.75. The Balaban J connectivity index is 1.46. The van der Waals surface area contributed by atoms with Crippen molar-refractivity contribution in [1.29, 1.82) is 0 Å². The van der Waals surface area contributed by atoms with Crippen LogP contribution >= 0.6 is 0 Å². The Kier molecular flexibility index (Phi) is 7.40. The molecule has 3 atom stereocenters. The summed E-state index contributed by atoms with van der Waals surface area (Å²) in [4.78, 5) is 33.4. The van der Waals surface area contributed by atoms with Crippen LogP contribution in [0.25, 0.3) is 5.65 Å². The molecule has 0 saturated heterocycles. The number of rotatable bonds is 6. The molecule has 0 bridgehead atoms. The molecule has 4 N–H and O–H groups in total. The molecule has 2 fully saturated rings. The van der Waals surface area contributed by atoms with Gasteiger partial charge in [-0.2, -0.15) is 9.61 Å². The summed E-state index contributed by atoms with van der Waals surface area (Å²) in [5.41, 5.74) is -0.223. The van der Waals surface area contributed by atoms with Crippen molar-refractivity contribution in [1.82, 2.24) is 24.8 Å². The van der Waals surface area contributed by atoms with Gasteiger partial charge in [-0.3, -0.25) is 9.69 Å². The first-order valence-electron chi connectivity index (χ1n) is 13.5. The Hall–Kier alpha value is -3.78. The van der Waals surface area contributed by atoms with E-state index in [2.05, 4.69) is 20.7 Å². The third-order valence-corrected chi connectivity index (χ3v) is 7.31. The van der Waals surface area contributed by atoms with Crippen molar-refractivity contribution < 1.29 is 33.3 Å². The number of alkyl halides is 2. The van der Waals surface area contributed by atoms with Gasteiger partial charge >= 0.3 is 6.09 Å². The highest BCUT2D eigenvalue weighted by Crippen LogP contribution is 2.42. The molecule has 0 aromatic carbocycles. The fraction of sp³-hybridized carbons (Fsp3) is 0.556. The number of anilines is 2. The van der Waals surface area contributed by atoms with E-state index in [1.165, 1.54) is 33.6 Å². The largest absolute Gasteiger partial charge is 0.443 e. The summed E-state index contributed by atoms with van der Waals surface area (Å²) in [7, 11) is 1.49. The molecule has 222 valence electrons. The van der Waals surface area contributed by atoms with Gasteiger partial charge in [0.2, 0.25) is 0 Å². The standard InChI is InChI=1S/C27H35F2N7O5/c1-26(2,3)41-25(40)34(4)21-11-20(32-19-6-5-9-35(24(19)39)16-12-27(28,29)13-16)33-22-18(14-30-36(21)22)23(38)31-15-7-8-17(37)10-15/h5-6,9,11,14-17,24,37,39H,7-8,10,12-13H2,1-4H3,(H,31,38)(H,32,33)/t15-,17+,24?/m1/s1. The maximum absolute atomic E-state index is 13.5. The number of halogens is 2. The number of allylic oxidation sites excluding steroid dienone is 2. The quantitative estimate of drug-likeness (QED) is 0.409. The summed E-state index contributed by atoms with van der Waals surface area (Å²) in [5, 5.41) is 31.1. The zero-order chi connectivity index (χ0) is 29.7. The number of hydrogen-bond donors (Lipinski definition) is 4. The zero-order valence-corrected chi connectivity index (χ0v) is 23.3. The fourth-order valence-electron chi connectivity index (χ4n) is 5.18. The van der Waals surface area contributed by atoms with Gasteiger partial charge in [0.25, 0.3) is 11.8 Å².